The minimum atomic E-state index is -0.849. The molecule has 1 atom stereocenters. The number of carboxylic acids is 1. The molecule has 0 radical (unpaired) electrons. The normalized spacial score (nSPS) is 17.7. The summed E-state index contributed by atoms with van der Waals surface area (Å²) >= 11 is 0. The Labute approximate surface area is 137 Å². The lowest BCUT2D eigenvalue weighted by atomic mass is 10.0. The first kappa shape index (κ1) is 17.6. The molecule has 0 spiro atoms. The van der Waals surface area contributed by atoms with Crippen molar-refractivity contribution in [2.75, 3.05) is 27.2 Å². The highest BCUT2D eigenvalue weighted by molar-refractivity contribution is 5.66. The van der Waals surface area contributed by atoms with E-state index in [0.29, 0.717) is 17.9 Å². The Hall–Kier alpha value is -1.79. The smallest absolute Gasteiger partial charge is 0.303 e. The number of piperidine rings is 1. The van der Waals surface area contributed by atoms with Crippen LogP contribution in [0.1, 0.15) is 37.3 Å². The Balaban J connectivity index is 2.10. The number of methoxy groups -OCH3 is 1. The van der Waals surface area contributed by atoms with Gasteiger partial charge in [-0.05, 0) is 32.4 Å². The zero-order valence-corrected chi connectivity index (χ0v) is 13.8. The van der Waals surface area contributed by atoms with Gasteiger partial charge in [-0.1, -0.05) is 12.1 Å². The van der Waals surface area contributed by atoms with Gasteiger partial charge in [-0.2, -0.15) is 0 Å². The third-order valence-corrected chi connectivity index (χ3v) is 4.24. The third-order valence-electron chi connectivity index (χ3n) is 4.24. The predicted molar refractivity (Wildman–Crippen MR) is 87.9 cm³/mol. The molecule has 0 aliphatic carbocycles. The summed E-state index contributed by atoms with van der Waals surface area (Å²) in [4.78, 5) is 13.0. The van der Waals surface area contributed by atoms with Crippen LogP contribution < -0.4 is 15.2 Å². The first-order chi connectivity index (χ1) is 11.0. The molecular formula is C17H26N2O4. The molecule has 1 heterocycles. The van der Waals surface area contributed by atoms with Gasteiger partial charge in [0.1, 0.15) is 6.10 Å². The fourth-order valence-corrected chi connectivity index (χ4v) is 2.85. The molecule has 1 saturated heterocycles. The summed E-state index contributed by atoms with van der Waals surface area (Å²) in [5, 5.41) is 8.81. The maximum atomic E-state index is 10.7. The van der Waals surface area contributed by atoms with E-state index in [4.69, 9.17) is 20.3 Å². The summed E-state index contributed by atoms with van der Waals surface area (Å²) in [6.07, 6.45) is 2.53. The number of hydrogen-bond donors (Lipinski definition) is 2. The molecule has 1 aromatic carbocycles. The minimum Gasteiger partial charge on any atom is -0.493 e. The fraction of sp³-hybridized carbons (Fsp3) is 0.588. The maximum Gasteiger partial charge on any atom is 0.303 e. The Bertz CT molecular complexity index is 527. The molecule has 6 nitrogen and oxygen atoms in total. The monoisotopic (exact) mass is 322 g/mol. The van der Waals surface area contributed by atoms with Gasteiger partial charge in [0.25, 0.3) is 0 Å². The first-order valence-electron chi connectivity index (χ1n) is 8.00. The molecule has 1 aliphatic heterocycles. The molecule has 2 rings (SSSR count). The average molecular weight is 322 g/mol. The Morgan fingerprint density at radius 1 is 1.43 bits per heavy atom. The lowest BCUT2D eigenvalue weighted by Crippen LogP contribution is -2.35. The number of hydrogen-bond acceptors (Lipinski definition) is 5. The van der Waals surface area contributed by atoms with Gasteiger partial charge in [0.2, 0.25) is 0 Å². The van der Waals surface area contributed by atoms with Crippen LogP contribution in [-0.2, 0) is 4.79 Å². The van der Waals surface area contributed by atoms with E-state index in [1.807, 2.05) is 18.2 Å². The van der Waals surface area contributed by atoms with Crippen LogP contribution in [0.25, 0.3) is 0 Å². The number of nitrogens with zero attached hydrogens (tertiary/aromatic N) is 1. The summed E-state index contributed by atoms with van der Waals surface area (Å²) in [5.41, 5.74) is 6.93. The molecule has 1 unspecified atom stereocenters. The van der Waals surface area contributed by atoms with E-state index in [1.54, 1.807) is 7.11 Å². The van der Waals surface area contributed by atoms with E-state index in [2.05, 4.69) is 11.9 Å². The summed E-state index contributed by atoms with van der Waals surface area (Å²) < 4.78 is 11.6. The van der Waals surface area contributed by atoms with E-state index < -0.39 is 5.97 Å². The van der Waals surface area contributed by atoms with Gasteiger partial charge in [0, 0.05) is 31.1 Å². The highest BCUT2D eigenvalue weighted by Gasteiger charge is 2.22. The predicted octanol–water partition coefficient (Wildman–Crippen LogP) is 2.03. The minimum absolute atomic E-state index is 0.0321. The van der Waals surface area contributed by atoms with Crippen molar-refractivity contribution >= 4 is 5.97 Å². The lowest BCUT2D eigenvalue weighted by molar-refractivity contribution is -0.137. The summed E-state index contributed by atoms with van der Waals surface area (Å²) in [6, 6.07) is 5.24. The number of carboxylic acid groups (broad SMARTS) is 1. The third kappa shape index (κ3) is 4.84. The van der Waals surface area contributed by atoms with Crippen LogP contribution in [0.2, 0.25) is 0 Å². The zero-order valence-electron chi connectivity index (χ0n) is 13.8. The van der Waals surface area contributed by atoms with Crippen molar-refractivity contribution < 1.29 is 19.4 Å². The van der Waals surface area contributed by atoms with Gasteiger partial charge in [-0.15, -0.1) is 0 Å². The van der Waals surface area contributed by atoms with Crippen LogP contribution in [0.5, 0.6) is 11.5 Å². The molecule has 3 N–H and O–H groups in total. The average Bonchev–Trinajstić information content (AvgIpc) is 2.54. The molecular weight excluding hydrogens is 296 g/mol. The highest BCUT2D eigenvalue weighted by atomic mass is 16.5. The van der Waals surface area contributed by atoms with Crippen LogP contribution in [0, 0.1) is 0 Å². The summed E-state index contributed by atoms with van der Waals surface area (Å²) in [7, 11) is 3.70. The molecule has 0 bridgehead atoms. The second-order valence-corrected chi connectivity index (χ2v) is 6.04. The molecule has 1 aromatic rings. The van der Waals surface area contributed by atoms with Crippen molar-refractivity contribution in [2.45, 2.75) is 37.8 Å². The summed E-state index contributed by atoms with van der Waals surface area (Å²) in [6.45, 7) is 2.04. The van der Waals surface area contributed by atoms with Crippen molar-refractivity contribution in [2.24, 2.45) is 5.73 Å². The van der Waals surface area contributed by atoms with E-state index in [9.17, 15) is 4.79 Å². The van der Waals surface area contributed by atoms with Crippen molar-refractivity contribution in [3.05, 3.63) is 23.8 Å². The van der Waals surface area contributed by atoms with Gasteiger partial charge in [0.05, 0.1) is 7.11 Å². The number of ether oxygens (including phenoxy) is 2. The first-order valence-corrected chi connectivity index (χ1v) is 8.00. The van der Waals surface area contributed by atoms with Crippen LogP contribution in [0.15, 0.2) is 18.2 Å². The molecule has 6 heteroatoms. The van der Waals surface area contributed by atoms with Crippen molar-refractivity contribution in [3.63, 3.8) is 0 Å². The Morgan fingerprint density at radius 2 is 2.13 bits per heavy atom. The van der Waals surface area contributed by atoms with Crippen LogP contribution in [0.4, 0.5) is 0 Å². The molecule has 128 valence electrons. The molecule has 23 heavy (non-hydrogen) atoms. The number of nitrogens with two attached hydrogens (primary N) is 1. The fourth-order valence-electron chi connectivity index (χ4n) is 2.85. The molecule has 0 saturated carbocycles. The van der Waals surface area contributed by atoms with Crippen molar-refractivity contribution in [1.82, 2.24) is 4.90 Å². The Morgan fingerprint density at radius 3 is 2.74 bits per heavy atom. The molecule has 1 aliphatic rings. The highest BCUT2D eigenvalue weighted by Crippen LogP contribution is 2.36. The lowest BCUT2D eigenvalue weighted by Gasteiger charge is -2.30. The number of aliphatic carboxylic acids is 1. The number of rotatable bonds is 7. The number of carbonyl (C=O) groups is 1. The van der Waals surface area contributed by atoms with Crippen molar-refractivity contribution in [3.8, 4) is 11.5 Å². The Kier molecular flexibility index (Phi) is 6.24. The topological polar surface area (TPSA) is 85.0 Å². The standard InChI is InChI=1S/C17H26N2O4/c1-19-10-8-12(9-11-19)23-15-5-3-4-13(17(15)22-2)14(18)6-7-16(20)21/h3-5,12,14H,6-11,18H2,1-2H3,(H,20,21). The second-order valence-electron chi connectivity index (χ2n) is 6.04. The van der Waals surface area contributed by atoms with Crippen molar-refractivity contribution in [1.29, 1.82) is 0 Å². The number of benzene rings is 1. The van der Waals surface area contributed by atoms with Gasteiger partial charge in [-0.3, -0.25) is 4.79 Å². The van der Waals surface area contributed by atoms with Gasteiger partial charge in [0.15, 0.2) is 11.5 Å². The van der Waals surface area contributed by atoms with Crippen LogP contribution in [-0.4, -0.2) is 49.3 Å². The molecule has 0 aromatic heterocycles. The van der Waals surface area contributed by atoms with E-state index in [1.165, 1.54) is 0 Å². The summed E-state index contributed by atoms with van der Waals surface area (Å²) in [5.74, 6) is 0.452. The SMILES string of the molecule is COc1c(OC2CCN(C)CC2)cccc1C(N)CCC(=O)O. The van der Waals surface area contributed by atoms with Crippen LogP contribution >= 0.6 is 0 Å². The van der Waals surface area contributed by atoms with Gasteiger partial charge >= 0.3 is 5.97 Å². The number of likely N-dealkylation sites (tertiary alicyclic amines) is 1. The van der Waals surface area contributed by atoms with Gasteiger partial charge < -0.3 is 25.2 Å². The zero-order chi connectivity index (χ0) is 16.8. The maximum absolute atomic E-state index is 10.7. The van der Waals surface area contributed by atoms with Crippen LogP contribution in [0.3, 0.4) is 0 Å². The van der Waals surface area contributed by atoms with E-state index in [-0.39, 0.29) is 18.6 Å². The number of para-hydroxylation sites is 1. The quantitative estimate of drug-likeness (QED) is 0.799. The molecule has 0 amide bonds. The second kappa shape index (κ2) is 8.17. The largest absolute Gasteiger partial charge is 0.493 e. The molecule has 1 fully saturated rings. The van der Waals surface area contributed by atoms with E-state index in [0.717, 1.165) is 31.5 Å². The van der Waals surface area contributed by atoms with E-state index >= 15 is 0 Å². The van der Waals surface area contributed by atoms with Gasteiger partial charge in [-0.25, -0.2) is 0 Å².